The standard InChI is InChI=1S/C27H31NO4/c1-5-7-12-28-24(19-10-9-11-20(16-19)31-13-8-6-2)23-25(29)22-18(4)14-17(3)15-21(22)32-26(23)27(28)30/h9-11,14-16,24H,5-8,12-13H2,1-4H3. The highest BCUT2D eigenvalue weighted by Crippen LogP contribution is 2.39. The number of benzene rings is 2. The van der Waals surface area contributed by atoms with E-state index in [1.54, 1.807) is 4.90 Å². The molecule has 0 fully saturated rings. The van der Waals surface area contributed by atoms with Gasteiger partial charge in [-0.2, -0.15) is 0 Å². The van der Waals surface area contributed by atoms with E-state index >= 15 is 0 Å². The van der Waals surface area contributed by atoms with Crippen molar-refractivity contribution in [1.82, 2.24) is 4.90 Å². The summed E-state index contributed by atoms with van der Waals surface area (Å²) in [6, 6.07) is 11.1. The van der Waals surface area contributed by atoms with E-state index in [1.807, 2.05) is 50.2 Å². The maximum absolute atomic E-state index is 13.7. The largest absolute Gasteiger partial charge is 0.494 e. The van der Waals surface area contributed by atoms with Crippen molar-refractivity contribution in [3.63, 3.8) is 0 Å². The zero-order valence-electron chi connectivity index (χ0n) is 19.4. The molecule has 0 saturated heterocycles. The Morgan fingerprint density at radius 3 is 2.56 bits per heavy atom. The molecule has 0 N–H and O–H groups in total. The molecule has 1 aliphatic heterocycles. The van der Waals surface area contributed by atoms with Crippen LogP contribution in [0.25, 0.3) is 11.0 Å². The summed E-state index contributed by atoms with van der Waals surface area (Å²) in [5, 5.41) is 0.555. The first kappa shape index (κ1) is 22.1. The van der Waals surface area contributed by atoms with Crippen molar-refractivity contribution in [2.24, 2.45) is 0 Å². The van der Waals surface area contributed by atoms with Crippen LogP contribution in [0.4, 0.5) is 0 Å². The molecule has 0 saturated carbocycles. The van der Waals surface area contributed by atoms with Crippen LogP contribution in [0, 0.1) is 13.8 Å². The molecular formula is C27H31NO4. The summed E-state index contributed by atoms with van der Waals surface area (Å²) in [7, 11) is 0. The summed E-state index contributed by atoms with van der Waals surface area (Å²) in [6.45, 7) is 9.31. The van der Waals surface area contributed by atoms with E-state index in [1.165, 1.54) is 0 Å². The predicted molar refractivity (Wildman–Crippen MR) is 127 cm³/mol. The Morgan fingerprint density at radius 1 is 1.03 bits per heavy atom. The highest BCUT2D eigenvalue weighted by atomic mass is 16.5. The lowest BCUT2D eigenvalue weighted by atomic mass is 9.96. The van der Waals surface area contributed by atoms with Gasteiger partial charge in [0, 0.05) is 6.54 Å². The molecule has 0 aliphatic carbocycles. The Balaban J connectivity index is 1.88. The van der Waals surface area contributed by atoms with Crippen LogP contribution in [-0.4, -0.2) is 24.0 Å². The van der Waals surface area contributed by atoms with Gasteiger partial charge in [0.25, 0.3) is 5.91 Å². The number of nitrogens with zero attached hydrogens (tertiary/aromatic N) is 1. The second-order valence-corrected chi connectivity index (χ2v) is 8.66. The third-order valence-corrected chi connectivity index (χ3v) is 6.11. The van der Waals surface area contributed by atoms with Crippen molar-refractivity contribution in [2.75, 3.05) is 13.2 Å². The average molecular weight is 434 g/mol. The molecule has 5 nitrogen and oxygen atoms in total. The molecule has 168 valence electrons. The summed E-state index contributed by atoms with van der Waals surface area (Å²) < 4.78 is 12.0. The smallest absolute Gasteiger partial charge is 0.290 e. The van der Waals surface area contributed by atoms with Crippen molar-refractivity contribution in [2.45, 2.75) is 59.4 Å². The SMILES string of the molecule is CCCCOc1cccc(C2c3c(oc4cc(C)cc(C)c4c3=O)C(=O)N2CCCC)c1. The summed E-state index contributed by atoms with van der Waals surface area (Å²) in [6.07, 6.45) is 3.84. The van der Waals surface area contributed by atoms with E-state index in [-0.39, 0.29) is 17.1 Å². The van der Waals surface area contributed by atoms with E-state index in [2.05, 4.69) is 13.8 Å². The van der Waals surface area contributed by atoms with Gasteiger partial charge in [0.2, 0.25) is 5.76 Å². The maximum atomic E-state index is 13.7. The topological polar surface area (TPSA) is 59.8 Å². The Labute approximate surface area is 189 Å². The third-order valence-electron chi connectivity index (χ3n) is 6.11. The van der Waals surface area contributed by atoms with Crippen molar-refractivity contribution in [3.05, 3.63) is 74.6 Å². The molecule has 0 radical (unpaired) electrons. The van der Waals surface area contributed by atoms with E-state index < -0.39 is 6.04 Å². The van der Waals surface area contributed by atoms with Gasteiger partial charge < -0.3 is 14.1 Å². The molecule has 32 heavy (non-hydrogen) atoms. The Morgan fingerprint density at radius 2 is 1.81 bits per heavy atom. The number of unbranched alkanes of at least 4 members (excludes halogenated alkanes) is 2. The maximum Gasteiger partial charge on any atom is 0.290 e. The first-order chi connectivity index (χ1) is 15.5. The minimum absolute atomic E-state index is 0.117. The fourth-order valence-corrected chi connectivity index (χ4v) is 4.53. The number of carbonyl (C=O) groups excluding carboxylic acids is 1. The van der Waals surface area contributed by atoms with Crippen LogP contribution in [0.3, 0.4) is 0 Å². The second-order valence-electron chi connectivity index (χ2n) is 8.66. The number of hydrogen-bond acceptors (Lipinski definition) is 4. The Hall–Kier alpha value is -3.08. The number of rotatable bonds is 8. The van der Waals surface area contributed by atoms with Gasteiger partial charge >= 0.3 is 0 Å². The second kappa shape index (κ2) is 9.19. The summed E-state index contributed by atoms with van der Waals surface area (Å²) in [5.41, 5.74) is 3.54. The zero-order chi connectivity index (χ0) is 22.8. The molecule has 2 heterocycles. The van der Waals surface area contributed by atoms with Crippen LogP contribution in [-0.2, 0) is 0 Å². The normalized spacial score (nSPS) is 15.4. The van der Waals surface area contributed by atoms with Crippen LogP contribution in [0.2, 0.25) is 0 Å². The fraction of sp³-hybridized carbons (Fsp3) is 0.407. The first-order valence-corrected chi connectivity index (χ1v) is 11.6. The van der Waals surface area contributed by atoms with Gasteiger partial charge in [-0.1, -0.05) is 44.9 Å². The molecule has 0 spiro atoms. The van der Waals surface area contributed by atoms with Gasteiger partial charge in [0.1, 0.15) is 11.3 Å². The Kier molecular flexibility index (Phi) is 6.35. The van der Waals surface area contributed by atoms with Crippen LogP contribution in [0.5, 0.6) is 5.75 Å². The number of ether oxygens (including phenoxy) is 1. The fourth-order valence-electron chi connectivity index (χ4n) is 4.53. The van der Waals surface area contributed by atoms with E-state index in [9.17, 15) is 9.59 Å². The van der Waals surface area contributed by atoms with Gasteiger partial charge in [-0.3, -0.25) is 9.59 Å². The van der Waals surface area contributed by atoms with Crippen molar-refractivity contribution >= 4 is 16.9 Å². The van der Waals surface area contributed by atoms with Crippen molar-refractivity contribution < 1.29 is 13.9 Å². The minimum atomic E-state index is -0.472. The molecule has 1 aliphatic rings. The first-order valence-electron chi connectivity index (χ1n) is 11.6. The molecular weight excluding hydrogens is 402 g/mol. The molecule has 1 atom stereocenters. The molecule has 2 aromatic carbocycles. The number of hydrogen-bond donors (Lipinski definition) is 0. The number of amides is 1. The highest BCUT2D eigenvalue weighted by Gasteiger charge is 2.42. The molecule has 5 heteroatoms. The highest BCUT2D eigenvalue weighted by molar-refractivity contribution is 5.99. The average Bonchev–Trinajstić information content (AvgIpc) is 3.04. The lowest BCUT2D eigenvalue weighted by Crippen LogP contribution is -2.30. The number of fused-ring (bicyclic) bond motifs is 2. The monoisotopic (exact) mass is 433 g/mol. The van der Waals surface area contributed by atoms with Gasteiger partial charge in [-0.15, -0.1) is 0 Å². The zero-order valence-corrected chi connectivity index (χ0v) is 19.4. The third kappa shape index (κ3) is 3.92. The molecule has 4 rings (SSSR count). The summed E-state index contributed by atoms with van der Waals surface area (Å²) in [5.74, 6) is 0.712. The van der Waals surface area contributed by atoms with Crippen molar-refractivity contribution in [3.8, 4) is 5.75 Å². The summed E-state index contributed by atoms with van der Waals surface area (Å²) >= 11 is 0. The minimum Gasteiger partial charge on any atom is -0.494 e. The summed E-state index contributed by atoms with van der Waals surface area (Å²) in [4.78, 5) is 28.9. The molecule has 1 amide bonds. The molecule has 1 aromatic heterocycles. The number of aryl methyl sites for hydroxylation is 2. The quantitative estimate of drug-likeness (QED) is 0.413. The van der Waals surface area contributed by atoms with Crippen molar-refractivity contribution in [1.29, 1.82) is 0 Å². The van der Waals surface area contributed by atoms with E-state index in [0.717, 1.165) is 48.1 Å². The molecule has 3 aromatic rings. The van der Waals surface area contributed by atoms with Gasteiger partial charge in [-0.05, 0) is 61.6 Å². The van der Waals surface area contributed by atoms with Gasteiger partial charge in [-0.25, -0.2) is 0 Å². The lowest BCUT2D eigenvalue weighted by molar-refractivity contribution is 0.0725. The Bertz CT molecular complexity index is 1210. The van der Waals surface area contributed by atoms with Gasteiger partial charge in [0.15, 0.2) is 5.43 Å². The molecule has 0 bridgehead atoms. The predicted octanol–water partition coefficient (Wildman–Crippen LogP) is 5.93. The van der Waals surface area contributed by atoms with Crippen LogP contribution in [0.1, 0.15) is 78.4 Å². The number of carbonyl (C=O) groups is 1. The van der Waals surface area contributed by atoms with Crippen LogP contribution >= 0.6 is 0 Å². The van der Waals surface area contributed by atoms with Crippen LogP contribution in [0.15, 0.2) is 45.6 Å². The molecule has 1 unspecified atom stereocenters. The van der Waals surface area contributed by atoms with E-state index in [4.69, 9.17) is 9.15 Å². The van der Waals surface area contributed by atoms with E-state index in [0.29, 0.717) is 29.7 Å². The lowest BCUT2D eigenvalue weighted by Gasteiger charge is -2.25. The van der Waals surface area contributed by atoms with Crippen LogP contribution < -0.4 is 10.2 Å². The van der Waals surface area contributed by atoms with Gasteiger partial charge in [0.05, 0.1) is 23.6 Å².